The lowest BCUT2D eigenvalue weighted by molar-refractivity contribution is 0.617. The smallest absolute Gasteiger partial charge is 0.0484 e. The Hall–Kier alpha value is -1.05. The highest BCUT2D eigenvalue weighted by molar-refractivity contribution is 6.35. The second kappa shape index (κ2) is 7.52. The van der Waals surface area contributed by atoms with Crippen molar-refractivity contribution in [2.24, 2.45) is 0 Å². The van der Waals surface area contributed by atoms with E-state index in [4.69, 9.17) is 11.6 Å². The normalized spacial score (nSPS) is 11.1. The highest BCUT2D eigenvalue weighted by Gasteiger charge is 2.03. The van der Waals surface area contributed by atoms with Gasteiger partial charge >= 0.3 is 0 Å². The summed E-state index contributed by atoms with van der Waals surface area (Å²) in [7, 11) is 0. The van der Waals surface area contributed by atoms with Crippen molar-refractivity contribution >= 4 is 22.4 Å². The number of halogens is 1. The number of nitrogens with one attached hydrogen (secondary N) is 1. The third-order valence-corrected chi connectivity index (χ3v) is 3.84. The van der Waals surface area contributed by atoms with Gasteiger partial charge in [-0.25, -0.2) is 0 Å². The summed E-state index contributed by atoms with van der Waals surface area (Å²) in [5.41, 5.74) is 1.42. The van der Waals surface area contributed by atoms with Crippen LogP contribution in [0.1, 0.15) is 31.7 Å². The molecule has 0 saturated heterocycles. The van der Waals surface area contributed by atoms with Crippen molar-refractivity contribution in [3.8, 4) is 0 Å². The van der Waals surface area contributed by atoms with Gasteiger partial charge in [0.2, 0.25) is 0 Å². The first kappa shape index (κ1) is 14.4. The summed E-state index contributed by atoms with van der Waals surface area (Å²) in [6.07, 6.45) is 4.93. The summed E-state index contributed by atoms with van der Waals surface area (Å²) in [5.74, 6) is 0. The fraction of sp³-hybridized carbons (Fsp3) is 0.412. The average molecular weight is 276 g/mol. The zero-order valence-corrected chi connectivity index (χ0v) is 12.3. The van der Waals surface area contributed by atoms with Gasteiger partial charge in [-0.1, -0.05) is 55.3 Å². The van der Waals surface area contributed by atoms with Crippen LogP contribution in [0.15, 0.2) is 36.4 Å². The van der Waals surface area contributed by atoms with Gasteiger partial charge in [-0.05, 0) is 49.4 Å². The molecule has 0 fully saturated rings. The Morgan fingerprint density at radius 1 is 0.947 bits per heavy atom. The van der Waals surface area contributed by atoms with E-state index in [9.17, 15) is 0 Å². The Morgan fingerprint density at radius 2 is 1.74 bits per heavy atom. The maximum Gasteiger partial charge on any atom is 0.0484 e. The molecule has 2 rings (SSSR count). The minimum atomic E-state index is 0.853. The van der Waals surface area contributed by atoms with Crippen molar-refractivity contribution in [2.45, 2.75) is 32.6 Å². The Bertz CT molecular complexity index is 522. The van der Waals surface area contributed by atoms with E-state index in [0.717, 1.165) is 24.5 Å². The van der Waals surface area contributed by atoms with Gasteiger partial charge in [0.05, 0.1) is 0 Å². The van der Waals surface area contributed by atoms with Gasteiger partial charge in [0.15, 0.2) is 0 Å². The number of hydrogen-bond donors (Lipinski definition) is 1. The Morgan fingerprint density at radius 3 is 2.53 bits per heavy atom. The molecule has 0 aliphatic carbocycles. The predicted octanol–water partition coefficient (Wildman–Crippen LogP) is 4.82. The number of unbranched alkanes of at least 4 members (excludes halogenated alkanes) is 2. The Balaban J connectivity index is 1.96. The fourth-order valence-electron chi connectivity index (χ4n) is 2.46. The third kappa shape index (κ3) is 3.95. The van der Waals surface area contributed by atoms with E-state index in [1.165, 1.54) is 35.6 Å². The van der Waals surface area contributed by atoms with Crippen LogP contribution in [-0.2, 0) is 6.42 Å². The molecule has 0 aromatic heterocycles. The summed E-state index contributed by atoms with van der Waals surface area (Å²) in [4.78, 5) is 0. The van der Waals surface area contributed by atoms with Gasteiger partial charge in [0.1, 0.15) is 0 Å². The van der Waals surface area contributed by atoms with E-state index in [2.05, 4.69) is 42.6 Å². The number of fused-ring (bicyclic) bond motifs is 1. The van der Waals surface area contributed by atoms with Gasteiger partial charge in [0.25, 0.3) is 0 Å². The van der Waals surface area contributed by atoms with Crippen molar-refractivity contribution < 1.29 is 0 Å². The lowest BCUT2D eigenvalue weighted by Crippen LogP contribution is -2.13. The summed E-state index contributed by atoms with van der Waals surface area (Å²) in [5, 5.41) is 6.70. The minimum absolute atomic E-state index is 0.853. The van der Waals surface area contributed by atoms with Gasteiger partial charge < -0.3 is 5.32 Å². The summed E-state index contributed by atoms with van der Waals surface area (Å²) < 4.78 is 0. The molecule has 19 heavy (non-hydrogen) atoms. The van der Waals surface area contributed by atoms with Crippen LogP contribution in [0.5, 0.6) is 0 Å². The quantitative estimate of drug-likeness (QED) is 0.715. The molecule has 2 aromatic carbocycles. The van der Waals surface area contributed by atoms with Crippen LogP contribution < -0.4 is 5.32 Å². The molecule has 0 amide bonds. The molecule has 0 bridgehead atoms. The molecule has 1 N–H and O–H groups in total. The van der Waals surface area contributed by atoms with Crippen LogP contribution in [0.4, 0.5) is 0 Å². The molecule has 2 aromatic rings. The number of hydrogen-bond acceptors (Lipinski definition) is 1. The van der Waals surface area contributed by atoms with Crippen LogP contribution >= 0.6 is 11.6 Å². The van der Waals surface area contributed by atoms with Gasteiger partial charge in [-0.15, -0.1) is 0 Å². The predicted molar refractivity (Wildman–Crippen MR) is 85.1 cm³/mol. The maximum absolute atomic E-state index is 6.24. The summed E-state index contributed by atoms with van der Waals surface area (Å²) in [6.45, 7) is 4.36. The van der Waals surface area contributed by atoms with E-state index in [1.54, 1.807) is 0 Å². The SMILES string of the molecule is CCNCCCCCc1ccc(Cl)c2ccccc12. The molecule has 0 unspecified atom stereocenters. The van der Waals surface area contributed by atoms with E-state index in [0.29, 0.717) is 0 Å². The lowest BCUT2D eigenvalue weighted by Gasteiger charge is -2.08. The molecular weight excluding hydrogens is 254 g/mol. The van der Waals surface area contributed by atoms with Crippen LogP contribution in [0.3, 0.4) is 0 Å². The average Bonchev–Trinajstić information content (AvgIpc) is 2.45. The highest BCUT2D eigenvalue weighted by Crippen LogP contribution is 2.27. The standard InChI is InChI=1S/C17H22ClN/c1-2-19-13-7-3-4-8-14-11-12-17(18)16-10-6-5-9-15(14)16/h5-6,9-12,19H,2-4,7-8,13H2,1H3. The van der Waals surface area contributed by atoms with Crippen LogP contribution in [0.2, 0.25) is 5.02 Å². The van der Waals surface area contributed by atoms with Crippen LogP contribution in [0.25, 0.3) is 10.8 Å². The van der Waals surface area contributed by atoms with E-state index in [1.807, 2.05) is 6.07 Å². The molecule has 0 heterocycles. The first-order valence-electron chi connectivity index (χ1n) is 7.19. The second-order valence-corrected chi connectivity index (χ2v) is 5.32. The molecule has 102 valence electrons. The largest absolute Gasteiger partial charge is 0.317 e. The molecule has 0 aliphatic heterocycles. The topological polar surface area (TPSA) is 12.0 Å². The molecule has 0 atom stereocenters. The monoisotopic (exact) mass is 275 g/mol. The molecule has 0 radical (unpaired) electrons. The molecular formula is C17H22ClN. The van der Waals surface area contributed by atoms with Crippen molar-refractivity contribution in [1.29, 1.82) is 0 Å². The van der Waals surface area contributed by atoms with Crippen LogP contribution in [-0.4, -0.2) is 13.1 Å². The number of benzene rings is 2. The van der Waals surface area contributed by atoms with Crippen LogP contribution in [0, 0.1) is 0 Å². The second-order valence-electron chi connectivity index (χ2n) is 4.92. The van der Waals surface area contributed by atoms with E-state index >= 15 is 0 Å². The molecule has 2 heteroatoms. The van der Waals surface area contributed by atoms with Gasteiger partial charge in [0, 0.05) is 10.4 Å². The molecule has 0 spiro atoms. The van der Waals surface area contributed by atoms with E-state index < -0.39 is 0 Å². The van der Waals surface area contributed by atoms with Crippen molar-refractivity contribution in [1.82, 2.24) is 5.32 Å². The first-order valence-corrected chi connectivity index (χ1v) is 7.57. The van der Waals surface area contributed by atoms with Crippen molar-refractivity contribution in [3.63, 3.8) is 0 Å². The third-order valence-electron chi connectivity index (χ3n) is 3.51. The Kier molecular flexibility index (Phi) is 5.68. The number of aryl methyl sites for hydroxylation is 1. The highest BCUT2D eigenvalue weighted by atomic mass is 35.5. The summed E-state index contributed by atoms with van der Waals surface area (Å²) in [6, 6.07) is 12.6. The minimum Gasteiger partial charge on any atom is -0.317 e. The van der Waals surface area contributed by atoms with Crippen molar-refractivity contribution in [3.05, 3.63) is 47.0 Å². The zero-order valence-electron chi connectivity index (χ0n) is 11.6. The van der Waals surface area contributed by atoms with E-state index in [-0.39, 0.29) is 0 Å². The van der Waals surface area contributed by atoms with Crippen molar-refractivity contribution in [2.75, 3.05) is 13.1 Å². The van der Waals surface area contributed by atoms with Gasteiger partial charge in [-0.3, -0.25) is 0 Å². The maximum atomic E-state index is 6.24. The molecule has 0 saturated carbocycles. The Labute approximate surface area is 121 Å². The number of rotatable bonds is 7. The van der Waals surface area contributed by atoms with Gasteiger partial charge in [-0.2, -0.15) is 0 Å². The molecule has 1 nitrogen and oxygen atoms in total. The lowest BCUT2D eigenvalue weighted by atomic mass is 9.99. The molecule has 0 aliphatic rings. The first-order chi connectivity index (χ1) is 9.33. The fourth-order valence-corrected chi connectivity index (χ4v) is 2.69. The summed E-state index contributed by atoms with van der Waals surface area (Å²) >= 11 is 6.24. The zero-order chi connectivity index (χ0) is 13.5.